The number of halogens is 2. The van der Waals surface area contributed by atoms with Crippen LogP contribution in [0.25, 0.3) is 10.8 Å². The Kier molecular flexibility index (Phi) is 3.97. The average molecular weight is 302 g/mol. The fourth-order valence-electron chi connectivity index (χ4n) is 2.31. The smallest absolute Gasteiger partial charge is 0.134 e. The molecule has 106 valence electrons. The summed E-state index contributed by atoms with van der Waals surface area (Å²) in [6, 6.07) is 12.7. The molecule has 0 aliphatic heterocycles. The van der Waals surface area contributed by atoms with Gasteiger partial charge in [0.05, 0.1) is 0 Å². The van der Waals surface area contributed by atoms with Gasteiger partial charge < -0.3 is 5.32 Å². The second kappa shape index (κ2) is 6.06. The Balaban J connectivity index is 1.77. The highest BCUT2D eigenvalue weighted by molar-refractivity contribution is 6.29. The molecule has 0 aliphatic carbocycles. The normalized spacial score (nSPS) is 10.8. The molecule has 21 heavy (non-hydrogen) atoms. The first-order valence-corrected chi connectivity index (χ1v) is 6.99. The van der Waals surface area contributed by atoms with Crippen molar-refractivity contribution in [3.8, 4) is 0 Å². The molecule has 5 heteroatoms. The summed E-state index contributed by atoms with van der Waals surface area (Å²) in [5.41, 5.74) is 0.709. The number of nitrogens with zero attached hydrogens (tertiary/aromatic N) is 2. The summed E-state index contributed by atoms with van der Waals surface area (Å²) in [4.78, 5) is 7.87. The van der Waals surface area contributed by atoms with Crippen molar-refractivity contribution in [1.82, 2.24) is 9.97 Å². The van der Waals surface area contributed by atoms with Crippen molar-refractivity contribution in [3.05, 3.63) is 65.3 Å². The van der Waals surface area contributed by atoms with Crippen LogP contribution in [0.3, 0.4) is 0 Å². The highest BCUT2D eigenvalue weighted by Gasteiger charge is 2.07. The van der Waals surface area contributed by atoms with Gasteiger partial charge in [-0.05, 0) is 28.8 Å². The van der Waals surface area contributed by atoms with Gasteiger partial charge in [0.25, 0.3) is 0 Å². The predicted molar refractivity (Wildman–Crippen MR) is 83.1 cm³/mol. The van der Waals surface area contributed by atoms with Crippen LogP contribution in [0, 0.1) is 5.82 Å². The standard InChI is InChI=1S/C16H13ClFN3/c17-15-9-16(21-10-20-15)19-8-7-13-12-4-2-1-3-11(12)5-6-14(13)18/h1-6,9-10H,7-8H2,(H,19,20,21). The molecule has 3 nitrogen and oxygen atoms in total. The first-order chi connectivity index (χ1) is 10.2. The fourth-order valence-corrected chi connectivity index (χ4v) is 2.46. The molecule has 2 aromatic carbocycles. The fraction of sp³-hybridized carbons (Fsp3) is 0.125. The van der Waals surface area contributed by atoms with Crippen molar-refractivity contribution in [2.75, 3.05) is 11.9 Å². The Bertz CT molecular complexity index is 776. The molecule has 0 radical (unpaired) electrons. The molecule has 1 N–H and O–H groups in total. The molecule has 0 unspecified atom stereocenters. The van der Waals surface area contributed by atoms with Gasteiger partial charge in [-0.3, -0.25) is 0 Å². The van der Waals surface area contributed by atoms with Crippen molar-refractivity contribution in [1.29, 1.82) is 0 Å². The van der Waals surface area contributed by atoms with Crippen molar-refractivity contribution in [3.63, 3.8) is 0 Å². The number of benzene rings is 2. The summed E-state index contributed by atoms with van der Waals surface area (Å²) < 4.78 is 14.0. The zero-order valence-electron chi connectivity index (χ0n) is 11.2. The molecular weight excluding hydrogens is 289 g/mol. The van der Waals surface area contributed by atoms with Crippen molar-refractivity contribution >= 4 is 28.2 Å². The van der Waals surface area contributed by atoms with Crippen LogP contribution in [0.15, 0.2) is 48.8 Å². The quantitative estimate of drug-likeness (QED) is 0.738. The monoisotopic (exact) mass is 301 g/mol. The maximum Gasteiger partial charge on any atom is 0.134 e. The largest absolute Gasteiger partial charge is 0.370 e. The molecule has 0 atom stereocenters. The molecule has 0 spiro atoms. The van der Waals surface area contributed by atoms with Gasteiger partial charge in [0, 0.05) is 12.6 Å². The van der Waals surface area contributed by atoms with Gasteiger partial charge in [-0.25, -0.2) is 14.4 Å². The third kappa shape index (κ3) is 3.11. The van der Waals surface area contributed by atoms with E-state index in [-0.39, 0.29) is 5.82 Å². The molecule has 0 aliphatic rings. The van der Waals surface area contributed by atoms with E-state index in [1.165, 1.54) is 12.4 Å². The lowest BCUT2D eigenvalue weighted by atomic mass is 10.0. The average Bonchev–Trinajstić information content (AvgIpc) is 2.50. The third-order valence-electron chi connectivity index (χ3n) is 3.30. The van der Waals surface area contributed by atoms with Gasteiger partial charge in [-0.1, -0.05) is 41.9 Å². The summed E-state index contributed by atoms with van der Waals surface area (Å²) in [6.07, 6.45) is 1.96. The summed E-state index contributed by atoms with van der Waals surface area (Å²) in [7, 11) is 0. The van der Waals surface area contributed by atoms with E-state index in [2.05, 4.69) is 15.3 Å². The minimum atomic E-state index is -0.184. The lowest BCUT2D eigenvalue weighted by Crippen LogP contribution is -2.08. The summed E-state index contributed by atoms with van der Waals surface area (Å²) in [5.74, 6) is 0.451. The van der Waals surface area contributed by atoms with Crippen molar-refractivity contribution < 1.29 is 4.39 Å². The van der Waals surface area contributed by atoms with Crippen molar-refractivity contribution in [2.24, 2.45) is 0 Å². The zero-order valence-corrected chi connectivity index (χ0v) is 11.9. The Hall–Kier alpha value is -2.20. The zero-order chi connectivity index (χ0) is 14.7. The minimum Gasteiger partial charge on any atom is -0.370 e. The number of aromatic nitrogens is 2. The molecule has 0 saturated heterocycles. The Labute approximate surface area is 126 Å². The molecule has 0 fully saturated rings. The number of hydrogen-bond acceptors (Lipinski definition) is 3. The number of fused-ring (bicyclic) bond motifs is 1. The number of anilines is 1. The molecule has 3 aromatic rings. The van der Waals surface area contributed by atoms with E-state index in [1.807, 2.05) is 24.3 Å². The number of hydrogen-bond donors (Lipinski definition) is 1. The maximum absolute atomic E-state index is 14.0. The van der Waals surface area contributed by atoms with Crippen LogP contribution < -0.4 is 5.32 Å². The van der Waals surface area contributed by atoms with Gasteiger partial charge in [0.1, 0.15) is 23.1 Å². The van der Waals surface area contributed by atoms with Gasteiger partial charge in [-0.15, -0.1) is 0 Å². The van der Waals surface area contributed by atoms with Gasteiger partial charge in [-0.2, -0.15) is 0 Å². The predicted octanol–water partition coefficient (Wildman–Crippen LogP) is 4.08. The van der Waals surface area contributed by atoms with E-state index in [4.69, 9.17) is 11.6 Å². The van der Waals surface area contributed by atoms with Crippen molar-refractivity contribution in [2.45, 2.75) is 6.42 Å². The highest BCUT2D eigenvalue weighted by Crippen LogP contribution is 2.22. The highest BCUT2D eigenvalue weighted by atomic mass is 35.5. The lowest BCUT2D eigenvalue weighted by Gasteiger charge is -2.09. The number of rotatable bonds is 4. The minimum absolute atomic E-state index is 0.184. The van der Waals surface area contributed by atoms with Crippen LogP contribution in [0.4, 0.5) is 10.2 Å². The molecule has 0 amide bonds. The summed E-state index contributed by atoms with van der Waals surface area (Å²) in [5, 5.41) is 5.49. The molecule has 0 saturated carbocycles. The van der Waals surface area contributed by atoms with Gasteiger partial charge >= 0.3 is 0 Å². The van der Waals surface area contributed by atoms with Crippen LogP contribution in [0.2, 0.25) is 5.15 Å². The molecule has 1 heterocycles. The van der Waals surface area contributed by atoms with Gasteiger partial charge in [0.15, 0.2) is 0 Å². The van der Waals surface area contributed by atoms with E-state index in [9.17, 15) is 4.39 Å². The Morgan fingerprint density at radius 3 is 2.81 bits per heavy atom. The van der Waals surface area contributed by atoms with E-state index in [1.54, 1.807) is 12.1 Å². The van der Waals surface area contributed by atoms with Crippen LogP contribution in [0.5, 0.6) is 0 Å². The second-order valence-electron chi connectivity index (χ2n) is 4.65. The lowest BCUT2D eigenvalue weighted by molar-refractivity contribution is 0.613. The van der Waals surface area contributed by atoms with Crippen LogP contribution in [-0.4, -0.2) is 16.5 Å². The van der Waals surface area contributed by atoms with Crippen LogP contribution >= 0.6 is 11.6 Å². The maximum atomic E-state index is 14.0. The van der Waals surface area contributed by atoms with Crippen LogP contribution in [0.1, 0.15) is 5.56 Å². The second-order valence-corrected chi connectivity index (χ2v) is 5.04. The first-order valence-electron chi connectivity index (χ1n) is 6.61. The van der Waals surface area contributed by atoms with Gasteiger partial charge in [0.2, 0.25) is 0 Å². The van der Waals surface area contributed by atoms with E-state index < -0.39 is 0 Å². The van der Waals surface area contributed by atoms with Crippen LogP contribution in [-0.2, 0) is 6.42 Å². The topological polar surface area (TPSA) is 37.8 Å². The Morgan fingerprint density at radius 2 is 1.95 bits per heavy atom. The molecule has 0 bridgehead atoms. The SMILES string of the molecule is Fc1ccc2ccccc2c1CCNc1cc(Cl)ncn1. The summed E-state index contributed by atoms with van der Waals surface area (Å²) >= 11 is 5.79. The summed E-state index contributed by atoms with van der Waals surface area (Å²) in [6.45, 7) is 0.568. The van der Waals surface area contributed by atoms with E-state index >= 15 is 0 Å². The first kappa shape index (κ1) is 13.8. The Morgan fingerprint density at radius 1 is 1.10 bits per heavy atom. The van der Waals surface area contributed by atoms with E-state index in [0.29, 0.717) is 29.5 Å². The molecule has 3 rings (SSSR count). The molecular formula is C16H13ClFN3. The van der Waals surface area contributed by atoms with E-state index in [0.717, 1.165) is 10.8 Å². The third-order valence-corrected chi connectivity index (χ3v) is 3.50. The molecule has 1 aromatic heterocycles. The number of nitrogens with one attached hydrogen (secondary N) is 1.